The van der Waals surface area contributed by atoms with Crippen molar-refractivity contribution in [1.29, 1.82) is 0 Å². The van der Waals surface area contributed by atoms with E-state index in [1.807, 2.05) is 65.6 Å². The van der Waals surface area contributed by atoms with E-state index in [4.69, 9.17) is 5.73 Å². The van der Waals surface area contributed by atoms with Crippen molar-refractivity contribution in [3.05, 3.63) is 71.8 Å². The molecular formula is C20H24N2O2. The smallest absolute Gasteiger partial charge is 0.223 e. The van der Waals surface area contributed by atoms with Crippen LogP contribution in [0.3, 0.4) is 0 Å². The van der Waals surface area contributed by atoms with E-state index in [-0.39, 0.29) is 11.8 Å². The van der Waals surface area contributed by atoms with E-state index in [2.05, 4.69) is 0 Å². The third-order valence-corrected chi connectivity index (χ3v) is 3.85. The highest BCUT2D eigenvalue weighted by molar-refractivity contribution is 5.76. The Morgan fingerprint density at radius 3 is 1.67 bits per heavy atom. The Morgan fingerprint density at radius 2 is 1.21 bits per heavy atom. The molecule has 0 saturated heterocycles. The number of rotatable bonds is 9. The Labute approximate surface area is 143 Å². The monoisotopic (exact) mass is 324 g/mol. The molecule has 0 aliphatic carbocycles. The Kier molecular flexibility index (Phi) is 7.02. The zero-order chi connectivity index (χ0) is 17.2. The van der Waals surface area contributed by atoms with Gasteiger partial charge in [0, 0.05) is 25.9 Å². The van der Waals surface area contributed by atoms with Gasteiger partial charge in [0.15, 0.2) is 0 Å². The van der Waals surface area contributed by atoms with E-state index in [1.54, 1.807) is 0 Å². The van der Waals surface area contributed by atoms with Crippen LogP contribution >= 0.6 is 0 Å². The average Bonchev–Trinajstić information content (AvgIpc) is 2.59. The summed E-state index contributed by atoms with van der Waals surface area (Å²) in [6, 6.07) is 20.0. The predicted octanol–water partition coefficient (Wildman–Crippen LogP) is 3.26. The van der Waals surface area contributed by atoms with Crippen molar-refractivity contribution in [2.45, 2.75) is 38.8 Å². The lowest BCUT2D eigenvalue weighted by atomic mass is 10.1. The maximum atomic E-state index is 12.6. The first-order valence-electron chi connectivity index (χ1n) is 8.29. The van der Waals surface area contributed by atoms with Crippen LogP contribution in [0.1, 0.15) is 36.8 Å². The maximum Gasteiger partial charge on any atom is 0.223 e. The number of carbonyl (C=O) groups is 2. The van der Waals surface area contributed by atoms with Crippen molar-refractivity contribution < 1.29 is 9.59 Å². The lowest BCUT2D eigenvalue weighted by molar-refractivity contribution is -0.132. The highest BCUT2D eigenvalue weighted by atomic mass is 16.2. The molecule has 4 nitrogen and oxygen atoms in total. The number of unbranched alkanes of at least 4 members (excludes halogenated alkanes) is 1. The number of nitrogens with zero attached hydrogens (tertiary/aromatic N) is 1. The quantitative estimate of drug-likeness (QED) is 0.720. The summed E-state index contributed by atoms with van der Waals surface area (Å²) in [5.74, 6) is -0.208. The Hall–Kier alpha value is -2.62. The minimum Gasteiger partial charge on any atom is -0.370 e. The molecule has 0 fully saturated rings. The number of nitrogens with two attached hydrogens (primary N) is 1. The van der Waals surface area contributed by atoms with Crippen LogP contribution in [0, 0.1) is 0 Å². The molecule has 0 bridgehead atoms. The zero-order valence-corrected chi connectivity index (χ0v) is 13.9. The van der Waals surface area contributed by atoms with Crippen molar-refractivity contribution in [3.63, 3.8) is 0 Å². The van der Waals surface area contributed by atoms with Crippen LogP contribution in [-0.2, 0) is 22.7 Å². The predicted molar refractivity (Wildman–Crippen MR) is 94.8 cm³/mol. The van der Waals surface area contributed by atoms with E-state index >= 15 is 0 Å². The zero-order valence-electron chi connectivity index (χ0n) is 13.9. The van der Waals surface area contributed by atoms with Gasteiger partial charge in [-0.2, -0.15) is 0 Å². The molecule has 0 saturated carbocycles. The third-order valence-electron chi connectivity index (χ3n) is 3.85. The molecule has 0 unspecified atom stereocenters. The molecule has 0 aliphatic rings. The van der Waals surface area contributed by atoms with Gasteiger partial charge in [0.1, 0.15) is 0 Å². The topological polar surface area (TPSA) is 63.4 Å². The van der Waals surface area contributed by atoms with Gasteiger partial charge in [-0.15, -0.1) is 0 Å². The molecule has 126 valence electrons. The van der Waals surface area contributed by atoms with Crippen LogP contribution < -0.4 is 5.73 Å². The summed E-state index contributed by atoms with van der Waals surface area (Å²) in [6.45, 7) is 1.18. The highest BCUT2D eigenvalue weighted by Gasteiger charge is 2.14. The van der Waals surface area contributed by atoms with E-state index < -0.39 is 0 Å². The molecule has 2 rings (SSSR count). The van der Waals surface area contributed by atoms with Crippen LogP contribution in [0.4, 0.5) is 0 Å². The first kappa shape index (κ1) is 17.7. The number of hydrogen-bond donors (Lipinski definition) is 1. The van der Waals surface area contributed by atoms with Crippen LogP contribution in [0.2, 0.25) is 0 Å². The summed E-state index contributed by atoms with van der Waals surface area (Å²) < 4.78 is 0. The van der Waals surface area contributed by atoms with Crippen molar-refractivity contribution in [2.75, 3.05) is 0 Å². The number of hydrogen-bond acceptors (Lipinski definition) is 2. The molecule has 0 aliphatic heterocycles. The summed E-state index contributed by atoms with van der Waals surface area (Å²) in [6.07, 6.45) is 2.12. The average molecular weight is 324 g/mol. The fourth-order valence-corrected chi connectivity index (χ4v) is 2.57. The van der Waals surface area contributed by atoms with Gasteiger partial charge in [-0.1, -0.05) is 60.7 Å². The lowest BCUT2D eigenvalue weighted by Gasteiger charge is -2.23. The number of benzene rings is 2. The SMILES string of the molecule is NC(=O)CCCCC(=O)N(Cc1ccccc1)Cc1ccccc1. The van der Waals surface area contributed by atoms with Crippen LogP contribution in [0.15, 0.2) is 60.7 Å². The first-order chi connectivity index (χ1) is 11.6. The fourth-order valence-electron chi connectivity index (χ4n) is 2.57. The molecular weight excluding hydrogens is 300 g/mol. The molecule has 0 radical (unpaired) electrons. The lowest BCUT2D eigenvalue weighted by Crippen LogP contribution is -2.30. The second-order valence-corrected chi connectivity index (χ2v) is 5.89. The molecule has 0 aromatic heterocycles. The molecule has 2 aromatic rings. The molecule has 0 spiro atoms. The molecule has 24 heavy (non-hydrogen) atoms. The molecule has 0 atom stereocenters. The van der Waals surface area contributed by atoms with E-state index in [9.17, 15) is 9.59 Å². The Bertz CT molecular complexity index is 600. The summed E-state index contributed by atoms with van der Waals surface area (Å²) in [4.78, 5) is 25.3. The van der Waals surface area contributed by atoms with Crippen LogP contribution in [0.5, 0.6) is 0 Å². The van der Waals surface area contributed by atoms with Crippen molar-refractivity contribution in [2.24, 2.45) is 5.73 Å². The van der Waals surface area contributed by atoms with Gasteiger partial charge in [-0.05, 0) is 24.0 Å². The van der Waals surface area contributed by atoms with Gasteiger partial charge in [-0.25, -0.2) is 0 Å². The van der Waals surface area contributed by atoms with Crippen LogP contribution in [0.25, 0.3) is 0 Å². The third kappa shape index (κ3) is 6.24. The van der Waals surface area contributed by atoms with Crippen molar-refractivity contribution >= 4 is 11.8 Å². The minimum absolute atomic E-state index is 0.104. The fraction of sp³-hybridized carbons (Fsp3) is 0.300. The van der Waals surface area contributed by atoms with Gasteiger partial charge in [0.05, 0.1) is 0 Å². The van der Waals surface area contributed by atoms with E-state index in [0.29, 0.717) is 38.8 Å². The minimum atomic E-state index is -0.312. The standard InChI is InChI=1S/C20H24N2O2/c21-19(23)13-7-8-14-20(24)22(15-17-9-3-1-4-10-17)16-18-11-5-2-6-12-18/h1-6,9-12H,7-8,13-16H2,(H2,21,23). The molecule has 2 aromatic carbocycles. The van der Waals surface area contributed by atoms with Crippen molar-refractivity contribution in [1.82, 2.24) is 4.90 Å². The number of carbonyl (C=O) groups excluding carboxylic acids is 2. The first-order valence-corrected chi connectivity index (χ1v) is 8.29. The molecule has 2 amide bonds. The molecule has 0 heterocycles. The van der Waals surface area contributed by atoms with Gasteiger partial charge in [0.2, 0.25) is 11.8 Å². The normalized spacial score (nSPS) is 10.3. The largest absolute Gasteiger partial charge is 0.370 e. The van der Waals surface area contributed by atoms with Gasteiger partial charge >= 0.3 is 0 Å². The van der Waals surface area contributed by atoms with Crippen molar-refractivity contribution in [3.8, 4) is 0 Å². The molecule has 4 heteroatoms. The van der Waals surface area contributed by atoms with Gasteiger partial charge in [-0.3, -0.25) is 9.59 Å². The Balaban J connectivity index is 1.98. The van der Waals surface area contributed by atoms with Gasteiger partial charge in [0.25, 0.3) is 0 Å². The number of amides is 2. The van der Waals surface area contributed by atoms with Crippen LogP contribution in [-0.4, -0.2) is 16.7 Å². The maximum absolute atomic E-state index is 12.6. The second kappa shape index (κ2) is 9.50. The van der Waals surface area contributed by atoms with E-state index in [0.717, 1.165) is 11.1 Å². The van der Waals surface area contributed by atoms with E-state index in [1.165, 1.54) is 0 Å². The summed E-state index contributed by atoms with van der Waals surface area (Å²) >= 11 is 0. The summed E-state index contributed by atoms with van der Waals surface area (Å²) in [5.41, 5.74) is 7.36. The Morgan fingerprint density at radius 1 is 0.750 bits per heavy atom. The van der Waals surface area contributed by atoms with Gasteiger partial charge < -0.3 is 10.6 Å². The summed E-state index contributed by atoms with van der Waals surface area (Å²) in [5, 5.41) is 0. The number of primary amides is 1. The highest BCUT2D eigenvalue weighted by Crippen LogP contribution is 2.13. The second-order valence-electron chi connectivity index (χ2n) is 5.89. The summed E-state index contributed by atoms with van der Waals surface area (Å²) in [7, 11) is 0. The molecule has 2 N–H and O–H groups in total.